The first-order valence-corrected chi connectivity index (χ1v) is 5.66. The SMILES string of the molecule is CCCOCCOCc1ccnc(CN)c1. The van der Waals surface area contributed by atoms with Crippen molar-refractivity contribution in [3.8, 4) is 0 Å². The highest BCUT2D eigenvalue weighted by molar-refractivity contribution is 5.15. The average molecular weight is 224 g/mol. The van der Waals surface area contributed by atoms with E-state index in [0.29, 0.717) is 26.4 Å². The summed E-state index contributed by atoms with van der Waals surface area (Å²) in [4.78, 5) is 4.12. The molecule has 0 atom stereocenters. The maximum atomic E-state index is 5.51. The third-order valence-electron chi connectivity index (χ3n) is 2.08. The van der Waals surface area contributed by atoms with Crippen LogP contribution in [0.3, 0.4) is 0 Å². The fraction of sp³-hybridized carbons (Fsp3) is 0.583. The van der Waals surface area contributed by atoms with Crippen LogP contribution in [0, 0.1) is 0 Å². The zero-order chi connectivity index (χ0) is 11.6. The second kappa shape index (κ2) is 8.21. The van der Waals surface area contributed by atoms with Crippen LogP contribution in [0.25, 0.3) is 0 Å². The molecule has 0 bridgehead atoms. The molecule has 0 spiro atoms. The second-order valence-electron chi connectivity index (χ2n) is 3.52. The number of nitrogens with zero attached hydrogens (tertiary/aromatic N) is 1. The van der Waals surface area contributed by atoms with Gasteiger partial charge in [0.25, 0.3) is 0 Å². The molecule has 0 aliphatic rings. The third-order valence-corrected chi connectivity index (χ3v) is 2.08. The molecule has 90 valence electrons. The van der Waals surface area contributed by atoms with E-state index < -0.39 is 0 Å². The highest BCUT2D eigenvalue weighted by Crippen LogP contribution is 2.02. The summed E-state index contributed by atoms with van der Waals surface area (Å²) in [6.45, 7) is 5.23. The molecule has 0 aliphatic heterocycles. The molecular weight excluding hydrogens is 204 g/mol. The minimum atomic E-state index is 0.466. The van der Waals surface area contributed by atoms with Crippen molar-refractivity contribution in [1.82, 2.24) is 4.98 Å². The van der Waals surface area contributed by atoms with E-state index >= 15 is 0 Å². The summed E-state index contributed by atoms with van der Waals surface area (Å²) in [6, 6.07) is 3.90. The standard InChI is InChI=1S/C12H20N2O2/c1-2-5-15-6-7-16-10-11-3-4-14-12(8-11)9-13/h3-4,8H,2,5-7,9-10,13H2,1H3. The Morgan fingerprint density at radius 1 is 1.25 bits per heavy atom. The van der Waals surface area contributed by atoms with Crippen LogP contribution in [0.1, 0.15) is 24.6 Å². The van der Waals surface area contributed by atoms with Gasteiger partial charge in [-0.2, -0.15) is 0 Å². The molecule has 0 radical (unpaired) electrons. The maximum absolute atomic E-state index is 5.51. The zero-order valence-electron chi connectivity index (χ0n) is 9.82. The van der Waals surface area contributed by atoms with E-state index in [1.807, 2.05) is 12.1 Å². The van der Waals surface area contributed by atoms with E-state index in [2.05, 4.69) is 11.9 Å². The third kappa shape index (κ3) is 5.21. The molecule has 1 aromatic heterocycles. The van der Waals surface area contributed by atoms with E-state index in [-0.39, 0.29) is 0 Å². The van der Waals surface area contributed by atoms with Crippen LogP contribution in [0.15, 0.2) is 18.3 Å². The number of pyridine rings is 1. The van der Waals surface area contributed by atoms with Crippen molar-refractivity contribution in [2.45, 2.75) is 26.5 Å². The molecule has 1 heterocycles. The average Bonchev–Trinajstić information content (AvgIpc) is 2.34. The summed E-state index contributed by atoms with van der Waals surface area (Å²) in [5, 5.41) is 0. The zero-order valence-corrected chi connectivity index (χ0v) is 9.82. The number of nitrogens with two attached hydrogens (primary N) is 1. The summed E-state index contributed by atoms with van der Waals surface area (Å²) in [7, 11) is 0. The van der Waals surface area contributed by atoms with Crippen LogP contribution in [-0.2, 0) is 22.6 Å². The number of aromatic nitrogens is 1. The Bertz CT molecular complexity index is 292. The van der Waals surface area contributed by atoms with Gasteiger partial charge in [-0.1, -0.05) is 6.92 Å². The number of hydrogen-bond donors (Lipinski definition) is 1. The lowest BCUT2D eigenvalue weighted by Gasteiger charge is -2.05. The topological polar surface area (TPSA) is 57.4 Å². The fourth-order valence-corrected chi connectivity index (χ4v) is 1.28. The summed E-state index contributed by atoms with van der Waals surface area (Å²) in [5.74, 6) is 0. The summed E-state index contributed by atoms with van der Waals surface area (Å²) in [5.41, 5.74) is 7.50. The predicted octanol–water partition coefficient (Wildman–Crippen LogP) is 1.48. The van der Waals surface area contributed by atoms with Crippen molar-refractivity contribution >= 4 is 0 Å². The summed E-state index contributed by atoms with van der Waals surface area (Å²) >= 11 is 0. The monoisotopic (exact) mass is 224 g/mol. The first-order valence-electron chi connectivity index (χ1n) is 5.66. The first kappa shape index (κ1) is 13.1. The molecule has 4 heteroatoms. The van der Waals surface area contributed by atoms with Crippen LogP contribution in [0.2, 0.25) is 0 Å². The Kier molecular flexibility index (Phi) is 6.72. The van der Waals surface area contributed by atoms with Gasteiger partial charge in [-0.15, -0.1) is 0 Å². The van der Waals surface area contributed by atoms with Gasteiger partial charge in [0.1, 0.15) is 0 Å². The molecule has 0 aliphatic carbocycles. The molecule has 0 amide bonds. The second-order valence-corrected chi connectivity index (χ2v) is 3.52. The van der Waals surface area contributed by atoms with Crippen LogP contribution in [0.5, 0.6) is 0 Å². The fourth-order valence-electron chi connectivity index (χ4n) is 1.28. The summed E-state index contributed by atoms with van der Waals surface area (Å²) in [6.07, 6.45) is 2.80. The van der Waals surface area contributed by atoms with Gasteiger partial charge < -0.3 is 15.2 Å². The predicted molar refractivity (Wildman–Crippen MR) is 62.9 cm³/mol. The Morgan fingerprint density at radius 2 is 2.06 bits per heavy atom. The largest absolute Gasteiger partial charge is 0.379 e. The Labute approximate surface area is 96.8 Å². The molecule has 0 fully saturated rings. The lowest BCUT2D eigenvalue weighted by atomic mass is 10.2. The molecule has 0 saturated carbocycles. The van der Waals surface area contributed by atoms with Gasteiger partial charge in [-0.25, -0.2) is 0 Å². The van der Waals surface area contributed by atoms with E-state index in [0.717, 1.165) is 24.3 Å². The van der Waals surface area contributed by atoms with E-state index in [1.165, 1.54) is 0 Å². The molecule has 0 unspecified atom stereocenters. The van der Waals surface area contributed by atoms with Gasteiger partial charge >= 0.3 is 0 Å². The van der Waals surface area contributed by atoms with Gasteiger partial charge in [0.15, 0.2) is 0 Å². The number of hydrogen-bond acceptors (Lipinski definition) is 4. The van der Waals surface area contributed by atoms with Crippen molar-refractivity contribution in [2.75, 3.05) is 19.8 Å². The minimum Gasteiger partial charge on any atom is -0.379 e. The van der Waals surface area contributed by atoms with Crippen LogP contribution in [0.4, 0.5) is 0 Å². The molecule has 0 saturated heterocycles. The summed E-state index contributed by atoms with van der Waals surface area (Å²) < 4.78 is 10.8. The number of ether oxygens (including phenoxy) is 2. The van der Waals surface area contributed by atoms with Gasteiger partial charge in [-0.05, 0) is 24.1 Å². The van der Waals surface area contributed by atoms with Crippen LogP contribution >= 0.6 is 0 Å². The molecule has 4 nitrogen and oxygen atoms in total. The highest BCUT2D eigenvalue weighted by atomic mass is 16.5. The van der Waals surface area contributed by atoms with Crippen LogP contribution in [-0.4, -0.2) is 24.8 Å². The van der Waals surface area contributed by atoms with Gasteiger partial charge in [0.2, 0.25) is 0 Å². The highest BCUT2D eigenvalue weighted by Gasteiger charge is 1.96. The molecule has 0 aromatic carbocycles. The molecule has 16 heavy (non-hydrogen) atoms. The quantitative estimate of drug-likeness (QED) is 0.680. The Morgan fingerprint density at radius 3 is 2.81 bits per heavy atom. The molecule has 2 N–H and O–H groups in total. The van der Waals surface area contributed by atoms with Crippen molar-refractivity contribution in [3.63, 3.8) is 0 Å². The van der Waals surface area contributed by atoms with Gasteiger partial charge in [0.05, 0.1) is 25.5 Å². The smallest absolute Gasteiger partial charge is 0.0719 e. The lowest BCUT2D eigenvalue weighted by Crippen LogP contribution is -2.06. The Hall–Kier alpha value is -0.970. The van der Waals surface area contributed by atoms with E-state index in [1.54, 1.807) is 6.20 Å². The van der Waals surface area contributed by atoms with E-state index in [4.69, 9.17) is 15.2 Å². The molecular formula is C12H20N2O2. The van der Waals surface area contributed by atoms with Crippen molar-refractivity contribution in [1.29, 1.82) is 0 Å². The van der Waals surface area contributed by atoms with Crippen LogP contribution < -0.4 is 5.73 Å². The van der Waals surface area contributed by atoms with Crippen molar-refractivity contribution in [2.24, 2.45) is 5.73 Å². The van der Waals surface area contributed by atoms with Crippen molar-refractivity contribution < 1.29 is 9.47 Å². The minimum absolute atomic E-state index is 0.466. The van der Waals surface area contributed by atoms with Gasteiger partial charge in [0, 0.05) is 19.3 Å². The first-order chi connectivity index (χ1) is 7.86. The number of rotatable bonds is 8. The molecule has 1 aromatic rings. The maximum Gasteiger partial charge on any atom is 0.0719 e. The lowest BCUT2D eigenvalue weighted by molar-refractivity contribution is 0.0408. The Balaban J connectivity index is 2.16. The normalized spacial score (nSPS) is 10.6. The van der Waals surface area contributed by atoms with Crippen molar-refractivity contribution in [3.05, 3.63) is 29.6 Å². The van der Waals surface area contributed by atoms with E-state index in [9.17, 15) is 0 Å². The van der Waals surface area contributed by atoms with Gasteiger partial charge in [-0.3, -0.25) is 4.98 Å². The molecule has 1 rings (SSSR count).